The van der Waals surface area contributed by atoms with Crippen LogP contribution in [0.4, 0.5) is 0 Å². The summed E-state index contributed by atoms with van der Waals surface area (Å²) in [6.45, 7) is 4.59. The van der Waals surface area contributed by atoms with Crippen LogP contribution in [0.3, 0.4) is 0 Å². The quantitative estimate of drug-likeness (QED) is 0.126. The zero-order valence-electron chi connectivity index (χ0n) is 19.0. The minimum absolute atomic E-state index is 0.895. The summed E-state index contributed by atoms with van der Waals surface area (Å²) in [7, 11) is 0.895. The van der Waals surface area contributed by atoms with E-state index in [1.165, 1.54) is 128 Å². The van der Waals surface area contributed by atoms with Crippen LogP contribution in [0.5, 0.6) is 0 Å². The number of unbranched alkanes of at least 4 members (excludes halogenated alkanes) is 18. The zero-order valence-corrected chi connectivity index (χ0v) is 20.0. The van der Waals surface area contributed by atoms with E-state index in [1.807, 2.05) is 0 Å². The van der Waals surface area contributed by atoms with Crippen LogP contribution < -0.4 is 0 Å². The van der Waals surface area contributed by atoms with Crippen molar-refractivity contribution in [2.75, 3.05) is 0 Å². The van der Waals surface area contributed by atoms with Crippen LogP contribution in [-0.2, 0) is 0 Å². The van der Waals surface area contributed by atoms with E-state index in [0.29, 0.717) is 0 Å². The molecule has 0 fully saturated rings. The van der Waals surface area contributed by atoms with Crippen molar-refractivity contribution in [2.45, 2.75) is 142 Å². The third-order valence-corrected chi connectivity index (χ3v) is 6.23. The Morgan fingerprint density at radius 1 is 0.407 bits per heavy atom. The van der Waals surface area contributed by atoms with E-state index < -0.39 is 0 Å². The first-order valence-electron chi connectivity index (χ1n) is 12.5. The molecule has 0 aliphatic heterocycles. The minimum atomic E-state index is 0.895. The summed E-state index contributed by atoms with van der Waals surface area (Å²) in [4.78, 5) is 0. The van der Waals surface area contributed by atoms with E-state index in [9.17, 15) is 0 Å². The van der Waals surface area contributed by atoms with Gasteiger partial charge in [0, 0.05) is 0 Å². The molecule has 0 aliphatic rings. The normalized spacial score (nSPS) is 11.9. The third kappa shape index (κ3) is 25.9. The molecule has 1 heteroatoms. The van der Waals surface area contributed by atoms with E-state index in [-0.39, 0.29) is 0 Å². The minimum Gasteiger partial charge on any atom is -0.0840 e. The molecule has 0 atom stereocenters. The van der Waals surface area contributed by atoms with E-state index in [2.05, 4.69) is 37.6 Å². The maximum atomic E-state index is 2.41. The molecule has 0 aromatic rings. The Hall–Kier alpha value is -0.0900. The molecule has 0 rings (SSSR count). The van der Waals surface area contributed by atoms with Crippen LogP contribution in [0.1, 0.15) is 142 Å². The molecule has 0 radical (unpaired) electrons. The van der Waals surface area contributed by atoms with Crippen molar-refractivity contribution in [1.82, 2.24) is 0 Å². The second-order valence-electron chi connectivity index (χ2n) is 8.21. The molecule has 0 saturated heterocycles. The standard InChI is InChI=1S/C26H51P/c1-3-5-7-9-11-13-15-17-19-21-23-25-27-26-24-22-20-18-16-14-12-10-8-6-4-2/h23-27H,3-22H2,1-2H3/b25-23+,26-24+. The molecule has 0 aromatic heterocycles. The predicted molar refractivity (Wildman–Crippen MR) is 130 cm³/mol. The summed E-state index contributed by atoms with van der Waals surface area (Å²) in [5.41, 5.74) is 0. The number of rotatable bonds is 22. The Morgan fingerprint density at radius 2 is 0.704 bits per heavy atom. The Kier molecular flexibility index (Phi) is 25.8. The first kappa shape index (κ1) is 26.9. The van der Waals surface area contributed by atoms with E-state index in [4.69, 9.17) is 0 Å². The molecule has 0 spiro atoms. The van der Waals surface area contributed by atoms with Gasteiger partial charge in [0.1, 0.15) is 0 Å². The first-order chi connectivity index (χ1) is 13.4. The van der Waals surface area contributed by atoms with Crippen LogP contribution in [0.25, 0.3) is 0 Å². The second-order valence-corrected chi connectivity index (χ2v) is 9.21. The monoisotopic (exact) mass is 394 g/mol. The molecule has 0 bridgehead atoms. The molecule has 0 amide bonds. The highest BCUT2D eigenvalue weighted by Crippen LogP contribution is 2.17. The predicted octanol–water partition coefficient (Wildman–Crippen LogP) is 10.5. The summed E-state index contributed by atoms with van der Waals surface area (Å²) >= 11 is 0. The summed E-state index contributed by atoms with van der Waals surface area (Å²) < 4.78 is 0. The lowest BCUT2D eigenvalue weighted by Crippen LogP contribution is -1.80. The van der Waals surface area contributed by atoms with Gasteiger partial charge in [0.25, 0.3) is 0 Å². The third-order valence-electron chi connectivity index (χ3n) is 5.38. The second kappa shape index (κ2) is 25.9. The van der Waals surface area contributed by atoms with Gasteiger partial charge in [0.2, 0.25) is 0 Å². The molecular formula is C26H51P. The molecule has 0 nitrogen and oxygen atoms in total. The average molecular weight is 395 g/mol. The lowest BCUT2D eigenvalue weighted by molar-refractivity contribution is 0.566. The van der Waals surface area contributed by atoms with Gasteiger partial charge < -0.3 is 0 Å². The van der Waals surface area contributed by atoms with Crippen molar-refractivity contribution >= 4 is 8.58 Å². The van der Waals surface area contributed by atoms with Gasteiger partial charge in [-0.2, -0.15) is 0 Å². The topological polar surface area (TPSA) is 0 Å². The van der Waals surface area contributed by atoms with Gasteiger partial charge in [-0.25, -0.2) is 0 Å². The molecule has 0 heterocycles. The maximum Gasteiger partial charge on any atom is -0.0347 e. The largest absolute Gasteiger partial charge is 0.0840 e. The molecule has 160 valence electrons. The summed E-state index contributed by atoms with van der Waals surface area (Å²) in [6.07, 6.45) is 33.1. The van der Waals surface area contributed by atoms with Gasteiger partial charge in [0.15, 0.2) is 0 Å². The fourth-order valence-electron chi connectivity index (χ4n) is 3.50. The summed E-state index contributed by atoms with van der Waals surface area (Å²) in [5, 5.41) is 0. The molecular weight excluding hydrogens is 343 g/mol. The number of allylic oxidation sites excluding steroid dienone is 2. The molecule has 27 heavy (non-hydrogen) atoms. The highest BCUT2D eigenvalue weighted by Gasteiger charge is 1.92. The fraction of sp³-hybridized carbons (Fsp3) is 0.846. The molecule has 0 unspecified atom stereocenters. The maximum absolute atomic E-state index is 2.41. The highest BCUT2D eigenvalue weighted by atomic mass is 31.1. The van der Waals surface area contributed by atoms with Crippen molar-refractivity contribution in [1.29, 1.82) is 0 Å². The zero-order chi connectivity index (χ0) is 19.7. The van der Waals surface area contributed by atoms with Crippen LogP contribution in [-0.4, -0.2) is 0 Å². The SMILES string of the molecule is CCCCCCCCCCC/C=C/P/C=C/CCCCCCCCCCC. The molecule has 0 N–H and O–H groups in total. The number of hydrogen-bond acceptors (Lipinski definition) is 0. The van der Waals surface area contributed by atoms with Crippen molar-refractivity contribution in [2.24, 2.45) is 0 Å². The van der Waals surface area contributed by atoms with Crippen LogP contribution in [0, 0.1) is 0 Å². The fourth-order valence-corrected chi connectivity index (χ4v) is 4.22. The van der Waals surface area contributed by atoms with Crippen molar-refractivity contribution in [3.63, 3.8) is 0 Å². The van der Waals surface area contributed by atoms with Gasteiger partial charge in [-0.1, -0.05) is 149 Å². The first-order valence-corrected chi connectivity index (χ1v) is 13.6. The van der Waals surface area contributed by atoms with Gasteiger partial charge in [0.05, 0.1) is 0 Å². The van der Waals surface area contributed by atoms with E-state index >= 15 is 0 Å². The van der Waals surface area contributed by atoms with Gasteiger partial charge in [-0.05, 0) is 25.7 Å². The van der Waals surface area contributed by atoms with Crippen LogP contribution in [0.15, 0.2) is 23.8 Å². The van der Waals surface area contributed by atoms with Crippen LogP contribution >= 0.6 is 8.58 Å². The smallest absolute Gasteiger partial charge is 0.0347 e. The van der Waals surface area contributed by atoms with Crippen molar-refractivity contribution in [3.05, 3.63) is 23.8 Å². The van der Waals surface area contributed by atoms with Crippen molar-refractivity contribution in [3.8, 4) is 0 Å². The molecule has 0 saturated carbocycles. The Bertz CT molecular complexity index is 275. The number of hydrogen-bond donors (Lipinski definition) is 0. The van der Waals surface area contributed by atoms with Crippen LogP contribution in [0.2, 0.25) is 0 Å². The summed E-state index contributed by atoms with van der Waals surface area (Å²) in [5.74, 6) is 4.77. The average Bonchev–Trinajstić information content (AvgIpc) is 2.68. The van der Waals surface area contributed by atoms with E-state index in [1.54, 1.807) is 0 Å². The lowest BCUT2D eigenvalue weighted by Gasteiger charge is -2.00. The Balaban J connectivity index is 3.14. The Morgan fingerprint density at radius 3 is 1.04 bits per heavy atom. The van der Waals surface area contributed by atoms with E-state index in [0.717, 1.165) is 8.58 Å². The van der Waals surface area contributed by atoms with Gasteiger partial charge >= 0.3 is 0 Å². The lowest BCUT2D eigenvalue weighted by atomic mass is 10.1. The van der Waals surface area contributed by atoms with Crippen molar-refractivity contribution < 1.29 is 0 Å². The molecule has 0 aliphatic carbocycles. The van der Waals surface area contributed by atoms with Gasteiger partial charge in [-0.3, -0.25) is 0 Å². The Labute approximate surface area is 174 Å². The van der Waals surface area contributed by atoms with Gasteiger partial charge in [-0.15, -0.1) is 0 Å². The molecule has 0 aromatic carbocycles. The summed E-state index contributed by atoms with van der Waals surface area (Å²) in [6, 6.07) is 0. The highest BCUT2D eigenvalue weighted by molar-refractivity contribution is 7.45.